The highest BCUT2D eigenvalue weighted by Crippen LogP contribution is 2.53. The Kier molecular flexibility index (Phi) is 3.63. The average molecular weight is 260 g/mol. The molecule has 0 aliphatic rings. The first kappa shape index (κ1) is 15.1. The summed E-state index contributed by atoms with van der Waals surface area (Å²) in [6.45, 7) is 0.687. The molecule has 9 heteroatoms. The maximum absolute atomic E-state index is 12.9. The molecule has 0 amide bonds. The maximum Gasteiger partial charge on any atom is 0.457 e. The Labute approximate surface area is 83.7 Å². The molecule has 0 aromatic heterocycles. The Morgan fingerprint density at radius 2 is 1.06 bits per heavy atom. The summed E-state index contributed by atoms with van der Waals surface area (Å²) in [6, 6.07) is 0. The van der Waals surface area contributed by atoms with E-state index < -0.39 is 30.0 Å². The zero-order valence-corrected chi connectivity index (χ0v) is 7.56. The van der Waals surface area contributed by atoms with Crippen LogP contribution in [-0.4, -0.2) is 23.9 Å². The van der Waals surface area contributed by atoms with E-state index in [1.165, 1.54) is 0 Å². The Morgan fingerprint density at radius 1 is 0.688 bits per heavy atom. The highest BCUT2D eigenvalue weighted by Gasteiger charge is 2.79. The molecule has 0 nitrogen and oxygen atoms in total. The Hall–Kier alpha value is -0.890. The zero-order chi connectivity index (χ0) is 13.4. The standard InChI is InChI=1S/C7H5F9/c1-2-3-4(8,6(11,12)13)5(9,10)7(14,15)16/h2-3H,1H3/b3-2-/t4-/m0/s1. The third-order valence-electron chi connectivity index (χ3n) is 1.62. The van der Waals surface area contributed by atoms with E-state index in [2.05, 4.69) is 0 Å². The van der Waals surface area contributed by atoms with Gasteiger partial charge in [-0.25, -0.2) is 4.39 Å². The van der Waals surface area contributed by atoms with Crippen LogP contribution < -0.4 is 0 Å². The molecule has 0 bridgehead atoms. The van der Waals surface area contributed by atoms with E-state index in [9.17, 15) is 39.5 Å². The first-order valence-electron chi connectivity index (χ1n) is 3.65. The maximum atomic E-state index is 12.9. The third-order valence-corrected chi connectivity index (χ3v) is 1.62. The minimum Gasteiger partial charge on any atom is -0.222 e. The number of alkyl halides is 9. The van der Waals surface area contributed by atoms with Crippen LogP contribution in [0.2, 0.25) is 0 Å². The number of hydrogen-bond donors (Lipinski definition) is 0. The van der Waals surface area contributed by atoms with Gasteiger partial charge in [-0.1, -0.05) is 6.08 Å². The molecule has 0 aromatic carbocycles. The molecule has 0 fully saturated rings. The second-order valence-corrected chi connectivity index (χ2v) is 2.78. The van der Waals surface area contributed by atoms with Gasteiger partial charge in [0.15, 0.2) is 0 Å². The van der Waals surface area contributed by atoms with Gasteiger partial charge in [0.25, 0.3) is 5.67 Å². The van der Waals surface area contributed by atoms with Crippen LogP contribution >= 0.6 is 0 Å². The van der Waals surface area contributed by atoms with Gasteiger partial charge in [0.2, 0.25) is 0 Å². The molecule has 0 saturated carbocycles. The van der Waals surface area contributed by atoms with Crippen LogP contribution in [0.3, 0.4) is 0 Å². The van der Waals surface area contributed by atoms with Crippen molar-refractivity contribution in [2.24, 2.45) is 0 Å². The topological polar surface area (TPSA) is 0 Å². The third kappa shape index (κ3) is 2.12. The monoisotopic (exact) mass is 260 g/mol. The largest absolute Gasteiger partial charge is 0.457 e. The SMILES string of the molecule is C/C=C\[C@@](F)(C(F)(F)F)C(F)(F)C(F)(F)F. The summed E-state index contributed by atoms with van der Waals surface area (Å²) >= 11 is 0. The van der Waals surface area contributed by atoms with Crippen LogP contribution in [0, 0.1) is 0 Å². The van der Waals surface area contributed by atoms with Crippen LogP contribution in [0.4, 0.5) is 39.5 Å². The second-order valence-electron chi connectivity index (χ2n) is 2.78. The number of hydrogen-bond acceptors (Lipinski definition) is 0. The predicted octanol–water partition coefficient (Wildman–Crippen LogP) is 4.03. The first-order chi connectivity index (χ1) is 6.81. The molecule has 1 atom stereocenters. The van der Waals surface area contributed by atoms with Crippen LogP contribution in [0.15, 0.2) is 12.2 Å². The molecule has 0 aliphatic heterocycles. The van der Waals surface area contributed by atoms with Crippen molar-refractivity contribution in [2.75, 3.05) is 0 Å². The van der Waals surface area contributed by atoms with Crippen molar-refractivity contribution in [2.45, 2.75) is 30.9 Å². The number of halogens is 9. The quantitative estimate of drug-likeness (QED) is 0.519. The van der Waals surface area contributed by atoms with Gasteiger partial charge in [0.05, 0.1) is 0 Å². The van der Waals surface area contributed by atoms with Crippen molar-refractivity contribution in [1.29, 1.82) is 0 Å². The summed E-state index contributed by atoms with van der Waals surface area (Å²) in [4.78, 5) is 0. The van der Waals surface area contributed by atoms with E-state index in [0.717, 1.165) is 0 Å². The lowest BCUT2D eigenvalue weighted by atomic mass is 9.95. The molecule has 0 radical (unpaired) electrons. The molecule has 0 heterocycles. The second kappa shape index (κ2) is 3.85. The van der Waals surface area contributed by atoms with E-state index in [-0.39, 0.29) is 6.08 Å². The van der Waals surface area contributed by atoms with Gasteiger partial charge >= 0.3 is 18.3 Å². The van der Waals surface area contributed by atoms with Crippen molar-refractivity contribution in [1.82, 2.24) is 0 Å². The van der Waals surface area contributed by atoms with Crippen LogP contribution in [0.25, 0.3) is 0 Å². The van der Waals surface area contributed by atoms with Gasteiger partial charge in [-0.3, -0.25) is 0 Å². The van der Waals surface area contributed by atoms with Gasteiger partial charge in [0, 0.05) is 0 Å². The molecule has 0 aliphatic carbocycles. The van der Waals surface area contributed by atoms with Crippen molar-refractivity contribution in [3.63, 3.8) is 0 Å². The van der Waals surface area contributed by atoms with Gasteiger partial charge < -0.3 is 0 Å². The lowest BCUT2D eigenvalue weighted by Crippen LogP contribution is -2.60. The fourth-order valence-electron chi connectivity index (χ4n) is 0.813. The van der Waals surface area contributed by atoms with Crippen LogP contribution in [-0.2, 0) is 0 Å². The average Bonchev–Trinajstić information content (AvgIpc) is 1.99. The summed E-state index contributed by atoms with van der Waals surface area (Å²) < 4.78 is 108. The molecule has 0 aromatic rings. The normalized spacial score (nSPS) is 18.9. The molecular formula is C7H5F9. The van der Waals surface area contributed by atoms with Crippen molar-refractivity contribution in [3.05, 3.63) is 12.2 Å². The molecule has 96 valence electrons. The van der Waals surface area contributed by atoms with Gasteiger partial charge in [-0.15, -0.1) is 0 Å². The molecule has 0 N–H and O–H groups in total. The lowest BCUT2D eigenvalue weighted by Gasteiger charge is -2.33. The van der Waals surface area contributed by atoms with E-state index in [0.29, 0.717) is 6.92 Å². The Bertz CT molecular complexity index is 271. The summed E-state index contributed by atoms with van der Waals surface area (Å²) in [6.07, 6.45) is -13.7. The van der Waals surface area contributed by atoms with E-state index >= 15 is 0 Å². The molecule has 16 heavy (non-hydrogen) atoms. The number of allylic oxidation sites excluding steroid dienone is 2. The lowest BCUT2D eigenvalue weighted by molar-refractivity contribution is -0.369. The Balaban J connectivity index is 5.74. The summed E-state index contributed by atoms with van der Waals surface area (Å²) in [5.41, 5.74) is -5.77. The molecule has 0 saturated heterocycles. The van der Waals surface area contributed by atoms with Crippen molar-refractivity contribution < 1.29 is 39.5 Å². The van der Waals surface area contributed by atoms with Gasteiger partial charge in [-0.05, 0) is 13.0 Å². The van der Waals surface area contributed by atoms with Crippen molar-refractivity contribution >= 4 is 0 Å². The molecular weight excluding hydrogens is 255 g/mol. The summed E-state index contributed by atoms with van der Waals surface area (Å²) in [5.74, 6) is -6.55. The van der Waals surface area contributed by atoms with E-state index in [1.807, 2.05) is 0 Å². The smallest absolute Gasteiger partial charge is 0.222 e. The minimum absolute atomic E-state index is 0.132. The summed E-state index contributed by atoms with van der Waals surface area (Å²) in [5, 5.41) is 0. The fourth-order valence-corrected chi connectivity index (χ4v) is 0.813. The predicted molar refractivity (Wildman–Crippen MR) is 35.7 cm³/mol. The zero-order valence-electron chi connectivity index (χ0n) is 7.56. The van der Waals surface area contributed by atoms with Crippen molar-refractivity contribution in [3.8, 4) is 0 Å². The summed E-state index contributed by atoms with van der Waals surface area (Å²) in [7, 11) is 0. The first-order valence-corrected chi connectivity index (χ1v) is 3.65. The Morgan fingerprint density at radius 3 is 1.25 bits per heavy atom. The highest BCUT2D eigenvalue weighted by atomic mass is 19.4. The fraction of sp³-hybridized carbons (Fsp3) is 0.714. The molecule has 0 rings (SSSR count). The molecule has 0 unspecified atom stereocenters. The van der Waals surface area contributed by atoms with Crippen LogP contribution in [0.5, 0.6) is 0 Å². The van der Waals surface area contributed by atoms with Gasteiger partial charge in [-0.2, -0.15) is 35.1 Å². The highest BCUT2D eigenvalue weighted by molar-refractivity contribution is 5.15. The minimum atomic E-state index is -6.64. The molecule has 0 spiro atoms. The van der Waals surface area contributed by atoms with E-state index in [4.69, 9.17) is 0 Å². The van der Waals surface area contributed by atoms with Gasteiger partial charge in [0.1, 0.15) is 0 Å². The number of rotatable bonds is 2. The van der Waals surface area contributed by atoms with E-state index in [1.54, 1.807) is 0 Å². The van der Waals surface area contributed by atoms with Crippen LogP contribution in [0.1, 0.15) is 6.92 Å².